The molecule has 0 saturated heterocycles. The van der Waals surface area contributed by atoms with Crippen LogP contribution in [0.15, 0.2) is 34.2 Å². The van der Waals surface area contributed by atoms with Gasteiger partial charge in [0.15, 0.2) is 5.16 Å². The number of hydrogen-bond acceptors (Lipinski definition) is 3. The Labute approximate surface area is 139 Å². The lowest BCUT2D eigenvalue weighted by Crippen LogP contribution is -2.36. The van der Waals surface area contributed by atoms with Gasteiger partial charge in [-0.05, 0) is 13.0 Å². The first-order chi connectivity index (χ1) is 10.9. The maximum absolute atomic E-state index is 12.8. The van der Waals surface area contributed by atoms with Gasteiger partial charge < -0.3 is 9.47 Å². The lowest BCUT2D eigenvalue weighted by Gasteiger charge is -2.23. The van der Waals surface area contributed by atoms with Crippen molar-refractivity contribution in [3.05, 3.63) is 34.6 Å². The lowest BCUT2D eigenvalue weighted by atomic mass is 10.2. The van der Waals surface area contributed by atoms with Crippen molar-refractivity contribution < 1.29 is 4.48 Å². The Kier molecular flexibility index (Phi) is 4.21. The second-order valence-corrected chi connectivity index (χ2v) is 7.76. The van der Waals surface area contributed by atoms with Crippen LogP contribution in [0.4, 0.5) is 0 Å². The summed E-state index contributed by atoms with van der Waals surface area (Å²) in [5.74, 6) is 0.934. The van der Waals surface area contributed by atoms with Crippen LogP contribution in [0.3, 0.4) is 0 Å². The summed E-state index contributed by atoms with van der Waals surface area (Å²) < 4.78 is 2.66. The van der Waals surface area contributed by atoms with Crippen LogP contribution in [0.5, 0.6) is 0 Å². The first-order valence-electron chi connectivity index (χ1n) is 7.85. The molecule has 0 aliphatic heterocycles. The summed E-state index contributed by atoms with van der Waals surface area (Å²) in [6.07, 6.45) is 0. The second kappa shape index (κ2) is 6.02. The third kappa shape index (κ3) is 3.14. The molecule has 3 rings (SSSR count). The first kappa shape index (κ1) is 16.1. The minimum atomic E-state index is 0.0152. The average molecular weight is 331 g/mol. The minimum Gasteiger partial charge on any atom is -0.349 e. The normalized spacial score (nSPS) is 12.3. The molecule has 0 saturated carbocycles. The van der Waals surface area contributed by atoms with E-state index < -0.39 is 0 Å². The zero-order valence-corrected chi connectivity index (χ0v) is 14.9. The average Bonchev–Trinajstić information content (AvgIpc) is 2.86. The van der Waals surface area contributed by atoms with Crippen molar-refractivity contribution in [2.75, 3.05) is 33.4 Å². The van der Waals surface area contributed by atoms with Gasteiger partial charge in [-0.15, -0.1) is 0 Å². The SMILES string of the molecule is CCn1c(SCC[N+](C)(C)C)nc2c([nH]c3ccccc32)c1=O. The van der Waals surface area contributed by atoms with E-state index in [1.807, 2.05) is 31.2 Å². The molecule has 0 unspecified atom stereocenters. The van der Waals surface area contributed by atoms with Crippen LogP contribution < -0.4 is 5.56 Å². The maximum atomic E-state index is 12.8. The summed E-state index contributed by atoms with van der Waals surface area (Å²) in [5, 5.41) is 1.82. The predicted octanol–water partition coefficient (Wildman–Crippen LogP) is 2.70. The number of hydrogen-bond donors (Lipinski definition) is 1. The molecule has 0 fully saturated rings. The molecular weight excluding hydrogens is 308 g/mol. The Morgan fingerprint density at radius 2 is 2.00 bits per heavy atom. The third-order valence-corrected chi connectivity index (χ3v) is 4.84. The van der Waals surface area contributed by atoms with Crippen molar-refractivity contribution in [2.24, 2.45) is 0 Å². The van der Waals surface area contributed by atoms with Gasteiger partial charge in [-0.25, -0.2) is 4.98 Å². The number of H-pyrrole nitrogens is 1. The van der Waals surface area contributed by atoms with Crippen molar-refractivity contribution in [2.45, 2.75) is 18.6 Å². The highest BCUT2D eigenvalue weighted by Crippen LogP contribution is 2.24. The Hall–Kier alpha value is -1.79. The standard InChI is InChI=1S/C17H22N4OS/c1-5-20-16(22)15-14(12-8-6-7-9-13(12)18-15)19-17(20)23-11-10-21(2,3)4/h6-9H,5,10-11H2,1-4H3/p+1. The number of quaternary nitrogens is 1. The number of nitrogens with zero attached hydrogens (tertiary/aromatic N) is 3. The van der Waals surface area contributed by atoms with Crippen LogP contribution >= 0.6 is 11.8 Å². The summed E-state index contributed by atoms with van der Waals surface area (Å²) in [5.41, 5.74) is 2.36. The number of nitrogens with one attached hydrogen (secondary N) is 1. The molecule has 0 radical (unpaired) electrons. The fourth-order valence-corrected chi connectivity index (χ4v) is 3.92. The molecule has 0 amide bonds. The van der Waals surface area contributed by atoms with Crippen molar-refractivity contribution >= 4 is 33.7 Å². The van der Waals surface area contributed by atoms with E-state index in [9.17, 15) is 4.79 Å². The molecule has 2 aromatic heterocycles. The van der Waals surface area contributed by atoms with Gasteiger partial charge in [-0.3, -0.25) is 9.36 Å². The van der Waals surface area contributed by atoms with Crippen molar-refractivity contribution in [1.82, 2.24) is 14.5 Å². The van der Waals surface area contributed by atoms with E-state index in [0.717, 1.165) is 38.4 Å². The van der Waals surface area contributed by atoms with Gasteiger partial charge in [-0.2, -0.15) is 0 Å². The maximum Gasteiger partial charge on any atom is 0.278 e. The predicted molar refractivity (Wildman–Crippen MR) is 97.2 cm³/mol. The molecular formula is C17H23N4OS+. The van der Waals surface area contributed by atoms with Gasteiger partial charge in [-0.1, -0.05) is 30.0 Å². The lowest BCUT2D eigenvalue weighted by molar-refractivity contribution is -0.867. The highest BCUT2D eigenvalue weighted by molar-refractivity contribution is 7.99. The van der Waals surface area contributed by atoms with E-state index in [-0.39, 0.29) is 5.56 Å². The van der Waals surface area contributed by atoms with E-state index in [4.69, 9.17) is 4.98 Å². The van der Waals surface area contributed by atoms with Gasteiger partial charge in [0.25, 0.3) is 5.56 Å². The molecule has 6 heteroatoms. The molecule has 0 aliphatic carbocycles. The second-order valence-electron chi connectivity index (χ2n) is 6.70. The number of fused-ring (bicyclic) bond motifs is 3. The van der Waals surface area contributed by atoms with Crippen molar-refractivity contribution in [3.8, 4) is 0 Å². The molecule has 0 spiro atoms. The summed E-state index contributed by atoms with van der Waals surface area (Å²) in [6.45, 7) is 3.64. The van der Waals surface area contributed by atoms with Crippen LogP contribution in [-0.4, -0.2) is 52.5 Å². The molecule has 23 heavy (non-hydrogen) atoms. The quantitative estimate of drug-likeness (QED) is 0.444. The Morgan fingerprint density at radius 3 is 2.70 bits per heavy atom. The zero-order valence-electron chi connectivity index (χ0n) is 14.1. The number of rotatable bonds is 5. The Bertz CT molecular complexity index is 904. The fourth-order valence-electron chi connectivity index (χ4n) is 2.58. The van der Waals surface area contributed by atoms with Crippen LogP contribution in [0.2, 0.25) is 0 Å². The topological polar surface area (TPSA) is 50.7 Å². The molecule has 3 aromatic rings. The zero-order chi connectivity index (χ0) is 16.6. The molecule has 0 aliphatic rings. The van der Waals surface area contributed by atoms with E-state index in [0.29, 0.717) is 12.1 Å². The van der Waals surface area contributed by atoms with Gasteiger partial charge >= 0.3 is 0 Å². The Balaban J connectivity index is 2.09. The number of para-hydroxylation sites is 1. The summed E-state index contributed by atoms with van der Waals surface area (Å²) >= 11 is 1.66. The minimum absolute atomic E-state index is 0.0152. The van der Waals surface area contributed by atoms with Crippen LogP contribution in [0.25, 0.3) is 21.9 Å². The molecule has 1 N–H and O–H groups in total. The van der Waals surface area contributed by atoms with Gasteiger partial charge in [0.05, 0.1) is 33.4 Å². The van der Waals surface area contributed by atoms with E-state index in [2.05, 4.69) is 26.1 Å². The highest BCUT2D eigenvalue weighted by Gasteiger charge is 2.16. The van der Waals surface area contributed by atoms with Gasteiger partial charge in [0, 0.05) is 17.4 Å². The third-order valence-electron chi connectivity index (χ3n) is 3.89. The first-order valence-corrected chi connectivity index (χ1v) is 8.84. The van der Waals surface area contributed by atoms with E-state index in [1.165, 1.54) is 0 Å². The molecule has 0 bridgehead atoms. The fraction of sp³-hybridized carbons (Fsp3) is 0.412. The highest BCUT2D eigenvalue weighted by atomic mass is 32.2. The molecule has 1 aromatic carbocycles. The number of aromatic nitrogens is 3. The largest absolute Gasteiger partial charge is 0.349 e. The summed E-state index contributed by atoms with van der Waals surface area (Å²) in [4.78, 5) is 20.8. The van der Waals surface area contributed by atoms with Crippen molar-refractivity contribution in [1.29, 1.82) is 0 Å². The van der Waals surface area contributed by atoms with E-state index in [1.54, 1.807) is 16.3 Å². The molecule has 5 nitrogen and oxygen atoms in total. The van der Waals surface area contributed by atoms with Crippen LogP contribution in [0, 0.1) is 0 Å². The van der Waals surface area contributed by atoms with E-state index >= 15 is 0 Å². The molecule has 122 valence electrons. The van der Waals surface area contributed by atoms with Crippen LogP contribution in [0.1, 0.15) is 6.92 Å². The smallest absolute Gasteiger partial charge is 0.278 e. The summed E-state index contributed by atoms with van der Waals surface area (Å²) in [7, 11) is 6.51. The van der Waals surface area contributed by atoms with Crippen LogP contribution in [-0.2, 0) is 6.54 Å². The molecule has 2 heterocycles. The summed E-state index contributed by atoms with van der Waals surface area (Å²) in [6, 6.07) is 7.94. The monoisotopic (exact) mass is 331 g/mol. The number of thioether (sulfide) groups is 1. The number of aromatic amines is 1. The Morgan fingerprint density at radius 1 is 1.26 bits per heavy atom. The van der Waals surface area contributed by atoms with Crippen molar-refractivity contribution in [3.63, 3.8) is 0 Å². The van der Waals surface area contributed by atoms with Gasteiger partial charge in [0.1, 0.15) is 11.0 Å². The van der Waals surface area contributed by atoms with Gasteiger partial charge in [0.2, 0.25) is 0 Å². The molecule has 0 atom stereocenters. The number of benzene rings is 1.